The normalized spacial score (nSPS) is 16.6. The van der Waals surface area contributed by atoms with Crippen LogP contribution in [0.15, 0.2) is 35.3 Å². The number of likely N-dealkylation sites (tertiary alicyclic amines) is 1. The molecule has 0 atom stereocenters. The standard InChI is InChI=1S/C17H22N4O3/c1-12(2)19-8-6-14(7-9-19)20-11-16(18-17(20)22)13-4-3-5-15(10-13)21(23)24/h3-5,10-12,14H,6-9H2,1-2H3,(H,18,22). The molecule has 0 aliphatic carbocycles. The number of imidazole rings is 1. The predicted molar refractivity (Wildman–Crippen MR) is 92.1 cm³/mol. The second kappa shape index (κ2) is 6.60. The van der Waals surface area contributed by atoms with Crippen molar-refractivity contribution in [1.29, 1.82) is 0 Å². The number of rotatable bonds is 4. The Morgan fingerprint density at radius 3 is 2.62 bits per heavy atom. The minimum atomic E-state index is -0.430. The number of H-pyrrole nitrogens is 1. The summed E-state index contributed by atoms with van der Waals surface area (Å²) in [6, 6.07) is 7.02. The van der Waals surface area contributed by atoms with Crippen LogP contribution >= 0.6 is 0 Å². The van der Waals surface area contributed by atoms with Gasteiger partial charge in [0.1, 0.15) is 0 Å². The Hall–Kier alpha value is -2.41. The Labute approximate surface area is 140 Å². The molecule has 128 valence electrons. The number of aromatic nitrogens is 2. The van der Waals surface area contributed by atoms with Crippen LogP contribution in [-0.4, -0.2) is 38.5 Å². The van der Waals surface area contributed by atoms with Crippen LogP contribution < -0.4 is 5.69 Å². The Morgan fingerprint density at radius 1 is 1.29 bits per heavy atom. The van der Waals surface area contributed by atoms with Gasteiger partial charge in [0.2, 0.25) is 0 Å². The molecule has 7 nitrogen and oxygen atoms in total. The minimum Gasteiger partial charge on any atom is -0.306 e. The van der Waals surface area contributed by atoms with Crippen molar-refractivity contribution < 1.29 is 4.92 Å². The van der Waals surface area contributed by atoms with E-state index in [1.165, 1.54) is 12.1 Å². The van der Waals surface area contributed by atoms with Crippen LogP contribution in [0.5, 0.6) is 0 Å². The van der Waals surface area contributed by atoms with E-state index in [-0.39, 0.29) is 17.4 Å². The lowest BCUT2D eigenvalue weighted by Gasteiger charge is -2.34. The molecule has 1 fully saturated rings. The molecule has 0 unspecified atom stereocenters. The van der Waals surface area contributed by atoms with Crippen molar-refractivity contribution in [3.8, 4) is 11.3 Å². The molecule has 1 aromatic carbocycles. The lowest BCUT2D eigenvalue weighted by Crippen LogP contribution is -2.40. The number of benzene rings is 1. The van der Waals surface area contributed by atoms with Crippen molar-refractivity contribution >= 4 is 5.69 Å². The largest absolute Gasteiger partial charge is 0.326 e. The summed E-state index contributed by atoms with van der Waals surface area (Å²) in [6.45, 7) is 6.32. The molecule has 2 heterocycles. The molecule has 2 aromatic rings. The zero-order valence-corrected chi connectivity index (χ0v) is 13.9. The molecule has 0 saturated carbocycles. The summed E-state index contributed by atoms with van der Waals surface area (Å²) in [6.07, 6.45) is 3.66. The topological polar surface area (TPSA) is 84.2 Å². The van der Waals surface area contributed by atoms with Crippen molar-refractivity contribution in [3.63, 3.8) is 0 Å². The average Bonchev–Trinajstić information content (AvgIpc) is 2.97. The number of nitro groups is 1. The fourth-order valence-corrected chi connectivity index (χ4v) is 3.30. The third kappa shape index (κ3) is 3.26. The minimum absolute atomic E-state index is 0.0198. The van der Waals surface area contributed by atoms with Gasteiger partial charge in [-0.1, -0.05) is 12.1 Å². The van der Waals surface area contributed by atoms with Gasteiger partial charge in [0.05, 0.1) is 10.6 Å². The number of nitrogens with zero attached hydrogens (tertiary/aromatic N) is 3. The Kier molecular flexibility index (Phi) is 4.53. The number of piperidine rings is 1. The summed E-state index contributed by atoms with van der Waals surface area (Å²) in [7, 11) is 0. The fraction of sp³-hybridized carbons (Fsp3) is 0.471. The second-order valence-electron chi connectivity index (χ2n) is 6.55. The van der Waals surface area contributed by atoms with Crippen LogP contribution in [0.1, 0.15) is 32.7 Å². The summed E-state index contributed by atoms with van der Waals surface area (Å²) >= 11 is 0. The number of aromatic amines is 1. The van der Waals surface area contributed by atoms with Crippen molar-refractivity contribution in [2.75, 3.05) is 13.1 Å². The van der Waals surface area contributed by atoms with Crippen molar-refractivity contribution in [1.82, 2.24) is 14.5 Å². The molecule has 0 radical (unpaired) electrons. The second-order valence-corrected chi connectivity index (χ2v) is 6.55. The van der Waals surface area contributed by atoms with Crippen LogP contribution in [0.25, 0.3) is 11.3 Å². The molecule has 1 aliphatic heterocycles. The van der Waals surface area contributed by atoms with Gasteiger partial charge >= 0.3 is 5.69 Å². The van der Waals surface area contributed by atoms with E-state index in [0.717, 1.165) is 25.9 Å². The highest BCUT2D eigenvalue weighted by atomic mass is 16.6. The van der Waals surface area contributed by atoms with Gasteiger partial charge in [0.25, 0.3) is 5.69 Å². The van der Waals surface area contributed by atoms with E-state index in [1.54, 1.807) is 22.9 Å². The number of hydrogen-bond donors (Lipinski definition) is 1. The number of non-ortho nitro benzene ring substituents is 1. The van der Waals surface area contributed by atoms with Crippen LogP contribution in [0.2, 0.25) is 0 Å². The van der Waals surface area contributed by atoms with Crippen molar-refractivity contribution in [2.24, 2.45) is 0 Å². The maximum Gasteiger partial charge on any atom is 0.326 e. The van der Waals surface area contributed by atoms with Gasteiger partial charge in [-0.15, -0.1) is 0 Å². The first-order valence-electron chi connectivity index (χ1n) is 8.25. The van der Waals surface area contributed by atoms with E-state index in [9.17, 15) is 14.9 Å². The molecule has 7 heteroatoms. The van der Waals surface area contributed by atoms with Crippen LogP contribution in [0.4, 0.5) is 5.69 Å². The molecular formula is C17H22N4O3. The maximum atomic E-state index is 12.3. The summed E-state index contributed by atoms with van der Waals surface area (Å²) in [5.41, 5.74) is 1.14. The molecule has 1 N–H and O–H groups in total. The summed E-state index contributed by atoms with van der Waals surface area (Å²) in [5.74, 6) is 0. The molecule has 3 rings (SSSR count). The Morgan fingerprint density at radius 2 is 2.00 bits per heavy atom. The maximum absolute atomic E-state index is 12.3. The van der Waals surface area contributed by atoms with Crippen LogP contribution in [-0.2, 0) is 0 Å². The number of hydrogen-bond acceptors (Lipinski definition) is 4. The quantitative estimate of drug-likeness (QED) is 0.690. The Balaban J connectivity index is 1.82. The third-order valence-electron chi connectivity index (χ3n) is 4.74. The average molecular weight is 330 g/mol. The fourth-order valence-electron chi connectivity index (χ4n) is 3.30. The number of nitro benzene ring substituents is 1. The molecule has 1 saturated heterocycles. The van der Waals surface area contributed by atoms with E-state index in [2.05, 4.69) is 23.7 Å². The summed E-state index contributed by atoms with van der Waals surface area (Å²) in [5, 5.41) is 10.9. The van der Waals surface area contributed by atoms with Crippen molar-refractivity contribution in [3.05, 3.63) is 51.1 Å². The van der Waals surface area contributed by atoms with Gasteiger partial charge in [0.15, 0.2) is 0 Å². The van der Waals surface area contributed by atoms with E-state index in [0.29, 0.717) is 17.3 Å². The zero-order chi connectivity index (χ0) is 17.3. The van der Waals surface area contributed by atoms with E-state index < -0.39 is 4.92 Å². The summed E-state index contributed by atoms with van der Waals surface area (Å²) < 4.78 is 1.74. The first-order chi connectivity index (χ1) is 11.5. The first-order valence-corrected chi connectivity index (χ1v) is 8.25. The smallest absolute Gasteiger partial charge is 0.306 e. The third-order valence-corrected chi connectivity index (χ3v) is 4.74. The Bertz CT molecular complexity index is 785. The highest BCUT2D eigenvalue weighted by Crippen LogP contribution is 2.26. The lowest BCUT2D eigenvalue weighted by molar-refractivity contribution is -0.384. The molecule has 1 aromatic heterocycles. The predicted octanol–water partition coefficient (Wildman–Crippen LogP) is 2.80. The van der Waals surface area contributed by atoms with Gasteiger partial charge in [-0.25, -0.2) is 4.79 Å². The molecule has 0 bridgehead atoms. The first kappa shape index (κ1) is 16.4. The number of nitrogens with one attached hydrogen (secondary N) is 1. The van der Waals surface area contributed by atoms with Gasteiger partial charge in [-0.3, -0.25) is 14.7 Å². The molecule has 0 spiro atoms. The zero-order valence-electron chi connectivity index (χ0n) is 13.9. The molecule has 24 heavy (non-hydrogen) atoms. The molecule has 0 amide bonds. The highest BCUT2D eigenvalue weighted by Gasteiger charge is 2.23. The molecular weight excluding hydrogens is 308 g/mol. The highest BCUT2D eigenvalue weighted by molar-refractivity contribution is 5.61. The summed E-state index contributed by atoms with van der Waals surface area (Å²) in [4.78, 5) is 28.0. The van der Waals surface area contributed by atoms with Gasteiger partial charge in [-0.2, -0.15) is 0 Å². The van der Waals surface area contributed by atoms with Crippen LogP contribution in [0, 0.1) is 10.1 Å². The van der Waals surface area contributed by atoms with Gasteiger partial charge < -0.3 is 9.88 Å². The monoisotopic (exact) mass is 330 g/mol. The van der Waals surface area contributed by atoms with Crippen LogP contribution in [0.3, 0.4) is 0 Å². The van der Waals surface area contributed by atoms with E-state index in [4.69, 9.17) is 0 Å². The SMILES string of the molecule is CC(C)N1CCC(n2cc(-c3cccc([N+](=O)[O-])c3)[nH]c2=O)CC1. The van der Waals surface area contributed by atoms with Gasteiger partial charge in [0, 0.05) is 49.1 Å². The van der Waals surface area contributed by atoms with Gasteiger partial charge in [-0.05, 0) is 26.7 Å². The molecule has 1 aliphatic rings. The van der Waals surface area contributed by atoms with E-state index >= 15 is 0 Å². The van der Waals surface area contributed by atoms with Crippen molar-refractivity contribution in [2.45, 2.75) is 38.8 Å². The van der Waals surface area contributed by atoms with E-state index in [1.807, 2.05) is 0 Å². The lowest BCUT2D eigenvalue weighted by atomic mass is 10.0.